The van der Waals surface area contributed by atoms with Gasteiger partial charge in [-0.25, -0.2) is 0 Å². The van der Waals surface area contributed by atoms with Gasteiger partial charge in [-0.05, 0) is 37.1 Å². The number of benzene rings is 1. The van der Waals surface area contributed by atoms with E-state index >= 15 is 0 Å². The highest BCUT2D eigenvalue weighted by molar-refractivity contribution is 5.44. The van der Waals surface area contributed by atoms with Crippen molar-refractivity contribution < 1.29 is 14.2 Å². The van der Waals surface area contributed by atoms with E-state index in [1.165, 1.54) is 5.56 Å². The van der Waals surface area contributed by atoms with Crippen molar-refractivity contribution in [1.82, 2.24) is 5.32 Å². The van der Waals surface area contributed by atoms with Gasteiger partial charge >= 0.3 is 0 Å². The summed E-state index contributed by atoms with van der Waals surface area (Å²) < 4.78 is 17.4. The number of hydrogen-bond donors (Lipinski definition) is 1. The van der Waals surface area contributed by atoms with Gasteiger partial charge in [-0.3, -0.25) is 0 Å². The molecule has 1 saturated heterocycles. The number of fused-ring (bicyclic) bond motifs is 1. The van der Waals surface area contributed by atoms with Crippen LogP contribution in [-0.2, 0) is 4.74 Å². The Hall–Kier alpha value is -1.26. The fourth-order valence-corrected chi connectivity index (χ4v) is 2.88. The fourth-order valence-electron chi connectivity index (χ4n) is 2.88. The van der Waals surface area contributed by atoms with Gasteiger partial charge in [0.05, 0.1) is 19.3 Å². The molecule has 0 spiro atoms. The predicted molar refractivity (Wildman–Crippen MR) is 77.4 cm³/mol. The largest absolute Gasteiger partial charge is 0.490 e. The van der Waals surface area contributed by atoms with Gasteiger partial charge in [0.15, 0.2) is 11.5 Å². The minimum atomic E-state index is 0.157. The third-order valence-electron chi connectivity index (χ3n) is 3.92. The molecule has 1 fully saturated rings. The van der Waals surface area contributed by atoms with Crippen LogP contribution in [0.15, 0.2) is 18.2 Å². The first-order valence-electron chi connectivity index (χ1n) is 7.61. The molecular formula is C16H23NO3. The Labute approximate surface area is 120 Å². The average Bonchev–Trinajstić information content (AvgIpc) is 2.72. The van der Waals surface area contributed by atoms with Crippen LogP contribution in [0, 0.1) is 0 Å². The lowest BCUT2D eigenvalue weighted by Crippen LogP contribution is -2.35. The van der Waals surface area contributed by atoms with E-state index in [-0.39, 0.29) is 6.10 Å². The molecule has 2 aliphatic rings. The molecule has 0 amide bonds. The zero-order valence-electron chi connectivity index (χ0n) is 12.1. The van der Waals surface area contributed by atoms with Crippen molar-refractivity contribution in [3.63, 3.8) is 0 Å². The summed E-state index contributed by atoms with van der Waals surface area (Å²) in [5.74, 6) is 1.71. The Morgan fingerprint density at radius 2 is 2.00 bits per heavy atom. The van der Waals surface area contributed by atoms with E-state index in [1.807, 2.05) is 6.07 Å². The Balaban J connectivity index is 1.74. The smallest absolute Gasteiger partial charge is 0.161 e. The molecule has 2 aliphatic heterocycles. The molecule has 110 valence electrons. The third kappa shape index (κ3) is 3.07. The Bertz CT molecular complexity index is 447. The maximum Gasteiger partial charge on any atom is 0.161 e. The van der Waals surface area contributed by atoms with Gasteiger partial charge in [-0.1, -0.05) is 13.0 Å². The molecule has 0 aromatic heterocycles. The predicted octanol–water partition coefficient (Wildman–Crippen LogP) is 2.68. The molecule has 2 unspecified atom stereocenters. The SMILES string of the molecule is CCNC1CCOC(c2ccc3c(c2)OCCCO3)C1. The summed E-state index contributed by atoms with van der Waals surface area (Å²) in [4.78, 5) is 0. The summed E-state index contributed by atoms with van der Waals surface area (Å²) in [5.41, 5.74) is 1.19. The lowest BCUT2D eigenvalue weighted by Gasteiger charge is -2.30. The number of rotatable bonds is 3. The van der Waals surface area contributed by atoms with Gasteiger partial charge in [-0.15, -0.1) is 0 Å². The van der Waals surface area contributed by atoms with Gasteiger partial charge in [-0.2, -0.15) is 0 Å². The first-order chi connectivity index (χ1) is 9.86. The second kappa shape index (κ2) is 6.46. The molecule has 4 nitrogen and oxygen atoms in total. The summed E-state index contributed by atoms with van der Waals surface area (Å²) in [6, 6.07) is 6.75. The van der Waals surface area contributed by atoms with E-state index in [0.29, 0.717) is 6.04 Å². The van der Waals surface area contributed by atoms with Crippen LogP contribution in [-0.4, -0.2) is 32.4 Å². The second-order valence-corrected chi connectivity index (χ2v) is 5.40. The molecule has 0 radical (unpaired) electrons. The number of ether oxygens (including phenoxy) is 3. The molecular weight excluding hydrogens is 254 g/mol. The third-order valence-corrected chi connectivity index (χ3v) is 3.92. The first-order valence-corrected chi connectivity index (χ1v) is 7.61. The van der Waals surface area contributed by atoms with Crippen LogP contribution >= 0.6 is 0 Å². The van der Waals surface area contributed by atoms with Crippen LogP contribution in [0.25, 0.3) is 0 Å². The maximum atomic E-state index is 5.93. The Morgan fingerprint density at radius 1 is 1.15 bits per heavy atom. The molecule has 2 atom stereocenters. The minimum absolute atomic E-state index is 0.157. The van der Waals surface area contributed by atoms with Gasteiger partial charge in [0, 0.05) is 19.1 Å². The normalized spacial score (nSPS) is 26.1. The number of hydrogen-bond acceptors (Lipinski definition) is 4. The topological polar surface area (TPSA) is 39.7 Å². The Kier molecular flexibility index (Phi) is 4.43. The van der Waals surface area contributed by atoms with Crippen LogP contribution in [0.2, 0.25) is 0 Å². The van der Waals surface area contributed by atoms with Gasteiger partial charge < -0.3 is 19.5 Å². The molecule has 0 bridgehead atoms. The molecule has 4 heteroatoms. The highest BCUT2D eigenvalue weighted by Gasteiger charge is 2.24. The second-order valence-electron chi connectivity index (χ2n) is 5.40. The highest BCUT2D eigenvalue weighted by Crippen LogP contribution is 2.35. The van der Waals surface area contributed by atoms with Crippen molar-refractivity contribution in [2.45, 2.75) is 38.3 Å². The van der Waals surface area contributed by atoms with Crippen molar-refractivity contribution in [2.24, 2.45) is 0 Å². The van der Waals surface area contributed by atoms with Crippen LogP contribution in [0.3, 0.4) is 0 Å². The lowest BCUT2D eigenvalue weighted by atomic mass is 9.97. The van der Waals surface area contributed by atoms with E-state index in [9.17, 15) is 0 Å². The van der Waals surface area contributed by atoms with E-state index in [1.54, 1.807) is 0 Å². The molecule has 1 aromatic rings. The quantitative estimate of drug-likeness (QED) is 0.922. The van der Waals surface area contributed by atoms with E-state index < -0.39 is 0 Å². The fraction of sp³-hybridized carbons (Fsp3) is 0.625. The molecule has 20 heavy (non-hydrogen) atoms. The van der Waals surface area contributed by atoms with Crippen molar-refractivity contribution in [3.8, 4) is 11.5 Å². The standard InChI is InChI=1S/C16H23NO3/c1-2-17-13-6-9-20-15(11-13)12-4-5-14-16(10-12)19-8-3-7-18-14/h4-5,10,13,15,17H,2-3,6-9,11H2,1H3. The minimum Gasteiger partial charge on any atom is -0.490 e. The lowest BCUT2D eigenvalue weighted by molar-refractivity contribution is 0.000460. The van der Waals surface area contributed by atoms with Crippen molar-refractivity contribution in [3.05, 3.63) is 23.8 Å². The molecule has 1 aromatic carbocycles. The first kappa shape index (κ1) is 13.7. The maximum absolute atomic E-state index is 5.93. The Morgan fingerprint density at radius 3 is 2.85 bits per heavy atom. The summed E-state index contributed by atoms with van der Waals surface area (Å²) in [6.07, 6.45) is 3.21. The van der Waals surface area contributed by atoms with E-state index in [4.69, 9.17) is 14.2 Å². The monoisotopic (exact) mass is 277 g/mol. The molecule has 1 N–H and O–H groups in total. The number of nitrogens with one attached hydrogen (secondary N) is 1. The van der Waals surface area contributed by atoms with Gasteiger partial charge in [0.25, 0.3) is 0 Å². The molecule has 0 aliphatic carbocycles. The van der Waals surface area contributed by atoms with Crippen molar-refractivity contribution >= 4 is 0 Å². The highest BCUT2D eigenvalue weighted by atomic mass is 16.5. The van der Waals surface area contributed by atoms with Crippen LogP contribution in [0.4, 0.5) is 0 Å². The summed E-state index contributed by atoms with van der Waals surface area (Å²) in [5, 5.41) is 3.52. The summed E-state index contributed by atoms with van der Waals surface area (Å²) >= 11 is 0. The van der Waals surface area contributed by atoms with Crippen LogP contribution in [0.5, 0.6) is 11.5 Å². The summed E-state index contributed by atoms with van der Waals surface area (Å²) in [6.45, 7) is 5.43. The van der Waals surface area contributed by atoms with Crippen molar-refractivity contribution in [1.29, 1.82) is 0 Å². The van der Waals surface area contributed by atoms with E-state index in [0.717, 1.165) is 57.1 Å². The average molecular weight is 277 g/mol. The van der Waals surface area contributed by atoms with Gasteiger partial charge in [0.2, 0.25) is 0 Å². The zero-order chi connectivity index (χ0) is 13.8. The molecule has 2 heterocycles. The van der Waals surface area contributed by atoms with E-state index in [2.05, 4.69) is 24.4 Å². The van der Waals surface area contributed by atoms with Crippen LogP contribution < -0.4 is 14.8 Å². The summed E-state index contributed by atoms with van der Waals surface area (Å²) in [7, 11) is 0. The molecule has 0 saturated carbocycles. The zero-order valence-corrected chi connectivity index (χ0v) is 12.1. The van der Waals surface area contributed by atoms with Crippen LogP contribution in [0.1, 0.15) is 37.9 Å². The molecule has 3 rings (SSSR count). The van der Waals surface area contributed by atoms with Gasteiger partial charge in [0.1, 0.15) is 0 Å². The van der Waals surface area contributed by atoms with Crippen molar-refractivity contribution in [2.75, 3.05) is 26.4 Å².